The van der Waals surface area contributed by atoms with Crippen molar-refractivity contribution in [3.63, 3.8) is 0 Å². The summed E-state index contributed by atoms with van der Waals surface area (Å²) in [4.78, 5) is 15.8. The number of nitrogens with one attached hydrogen (secondary N) is 1. The first-order valence-corrected chi connectivity index (χ1v) is 6.35. The molecule has 88 valence electrons. The molecule has 0 fully saturated rings. The van der Waals surface area contributed by atoms with Crippen molar-refractivity contribution in [2.45, 2.75) is 39.2 Å². The van der Waals surface area contributed by atoms with Crippen LogP contribution in [0.25, 0.3) is 0 Å². The van der Waals surface area contributed by atoms with Crippen molar-refractivity contribution >= 4 is 21.8 Å². The molecule has 0 spiro atoms. The Morgan fingerprint density at radius 1 is 1.56 bits per heavy atom. The van der Waals surface area contributed by atoms with Gasteiger partial charge in [-0.1, -0.05) is 19.8 Å². The van der Waals surface area contributed by atoms with Gasteiger partial charge in [-0.2, -0.15) is 0 Å². The summed E-state index contributed by atoms with van der Waals surface area (Å²) in [7, 11) is 0. The number of carbonyl (C=O) groups excluding carboxylic acids is 1. The molecule has 0 aliphatic rings. The molecule has 1 unspecified atom stereocenters. The lowest BCUT2D eigenvalue weighted by molar-refractivity contribution is 0.0933. The Hall–Kier alpha value is -0.900. The van der Waals surface area contributed by atoms with E-state index in [-0.39, 0.29) is 11.9 Å². The van der Waals surface area contributed by atoms with Crippen molar-refractivity contribution in [2.24, 2.45) is 0 Å². The first kappa shape index (κ1) is 13.2. The van der Waals surface area contributed by atoms with Gasteiger partial charge in [0.1, 0.15) is 5.69 Å². The van der Waals surface area contributed by atoms with Crippen molar-refractivity contribution in [1.82, 2.24) is 10.3 Å². The third-order valence-corrected chi connectivity index (χ3v) is 2.80. The molecule has 1 aromatic rings. The topological polar surface area (TPSA) is 42.0 Å². The molecular weight excluding hydrogens is 268 g/mol. The Labute approximate surface area is 105 Å². The highest BCUT2D eigenvalue weighted by atomic mass is 79.9. The summed E-state index contributed by atoms with van der Waals surface area (Å²) < 4.78 is 0.878. The normalized spacial score (nSPS) is 12.2. The van der Waals surface area contributed by atoms with Gasteiger partial charge >= 0.3 is 0 Å². The second-order valence-corrected chi connectivity index (χ2v) is 4.79. The van der Waals surface area contributed by atoms with Gasteiger partial charge in [0, 0.05) is 16.7 Å². The number of unbranched alkanes of at least 4 members (excludes halogenated alkanes) is 1. The fourth-order valence-electron chi connectivity index (χ4n) is 1.39. The van der Waals surface area contributed by atoms with Crippen LogP contribution in [0.15, 0.2) is 22.8 Å². The van der Waals surface area contributed by atoms with Crippen LogP contribution in [-0.4, -0.2) is 16.9 Å². The maximum absolute atomic E-state index is 11.7. The second kappa shape index (κ2) is 6.63. The second-order valence-electron chi connectivity index (χ2n) is 3.88. The van der Waals surface area contributed by atoms with E-state index >= 15 is 0 Å². The average molecular weight is 285 g/mol. The molecule has 1 atom stereocenters. The van der Waals surface area contributed by atoms with Crippen molar-refractivity contribution in [2.75, 3.05) is 0 Å². The summed E-state index contributed by atoms with van der Waals surface area (Å²) in [6, 6.07) is 3.74. The van der Waals surface area contributed by atoms with Crippen LogP contribution >= 0.6 is 15.9 Å². The highest BCUT2D eigenvalue weighted by Crippen LogP contribution is 2.08. The van der Waals surface area contributed by atoms with Gasteiger partial charge in [0.15, 0.2) is 0 Å². The van der Waals surface area contributed by atoms with E-state index in [0.29, 0.717) is 5.69 Å². The first-order valence-electron chi connectivity index (χ1n) is 5.56. The molecule has 0 bridgehead atoms. The van der Waals surface area contributed by atoms with E-state index in [2.05, 4.69) is 33.2 Å². The van der Waals surface area contributed by atoms with E-state index < -0.39 is 0 Å². The Kier molecular flexibility index (Phi) is 5.46. The van der Waals surface area contributed by atoms with Gasteiger partial charge < -0.3 is 5.32 Å². The van der Waals surface area contributed by atoms with Crippen molar-refractivity contribution in [1.29, 1.82) is 0 Å². The summed E-state index contributed by atoms with van der Waals surface area (Å²) in [5.41, 5.74) is 0.464. The van der Waals surface area contributed by atoms with Gasteiger partial charge in [-0.25, -0.2) is 4.98 Å². The minimum Gasteiger partial charge on any atom is -0.348 e. The molecule has 1 heterocycles. The zero-order valence-corrected chi connectivity index (χ0v) is 11.3. The number of rotatable bonds is 5. The van der Waals surface area contributed by atoms with Crippen molar-refractivity contribution < 1.29 is 4.79 Å². The van der Waals surface area contributed by atoms with Crippen LogP contribution < -0.4 is 5.32 Å². The number of aromatic nitrogens is 1. The molecule has 0 saturated carbocycles. The van der Waals surface area contributed by atoms with Gasteiger partial charge in [0.2, 0.25) is 0 Å². The smallest absolute Gasteiger partial charge is 0.270 e. The summed E-state index contributed by atoms with van der Waals surface area (Å²) in [6.45, 7) is 4.16. The molecule has 0 saturated heterocycles. The summed E-state index contributed by atoms with van der Waals surface area (Å²) >= 11 is 3.29. The zero-order valence-electron chi connectivity index (χ0n) is 9.66. The minimum atomic E-state index is -0.101. The monoisotopic (exact) mass is 284 g/mol. The minimum absolute atomic E-state index is 0.101. The molecule has 3 nitrogen and oxygen atoms in total. The van der Waals surface area contributed by atoms with Crippen LogP contribution in [0, 0.1) is 0 Å². The predicted octanol–water partition coefficient (Wildman–Crippen LogP) is 3.15. The number of pyridine rings is 1. The Balaban J connectivity index is 2.48. The molecule has 16 heavy (non-hydrogen) atoms. The quantitative estimate of drug-likeness (QED) is 0.903. The third-order valence-electron chi connectivity index (χ3n) is 2.33. The number of carbonyl (C=O) groups is 1. The maximum Gasteiger partial charge on any atom is 0.270 e. The molecule has 0 aliphatic carbocycles. The molecule has 0 radical (unpaired) electrons. The van der Waals surface area contributed by atoms with Crippen LogP contribution in [0.5, 0.6) is 0 Å². The fraction of sp³-hybridized carbons (Fsp3) is 0.500. The molecule has 1 aromatic heterocycles. The van der Waals surface area contributed by atoms with Gasteiger partial charge in [-0.05, 0) is 41.4 Å². The molecule has 0 aliphatic heterocycles. The highest BCUT2D eigenvalue weighted by molar-refractivity contribution is 9.10. The summed E-state index contributed by atoms with van der Waals surface area (Å²) in [5.74, 6) is -0.101. The van der Waals surface area contributed by atoms with Crippen LogP contribution in [0.2, 0.25) is 0 Å². The molecule has 4 heteroatoms. The molecule has 0 aromatic carbocycles. The highest BCUT2D eigenvalue weighted by Gasteiger charge is 2.10. The van der Waals surface area contributed by atoms with E-state index in [0.717, 1.165) is 23.7 Å². The van der Waals surface area contributed by atoms with Crippen LogP contribution in [0.3, 0.4) is 0 Å². The predicted molar refractivity (Wildman–Crippen MR) is 68.4 cm³/mol. The van der Waals surface area contributed by atoms with E-state index in [1.165, 1.54) is 0 Å². The summed E-state index contributed by atoms with van der Waals surface area (Å²) in [6.07, 6.45) is 4.93. The van der Waals surface area contributed by atoms with E-state index in [4.69, 9.17) is 0 Å². The average Bonchev–Trinajstić information content (AvgIpc) is 2.27. The Morgan fingerprint density at radius 3 is 2.88 bits per heavy atom. The number of hydrogen-bond donors (Lipinski definition) is 1. The van der Waals surface area contributed by atoms with E-state index in [1.54, 1.807) is 12.3 Å². The summed E-state index contributed by atoms with van der Waals surface area (Å²) in [5, 5.41) is 2.93. The van der Waals surface area contributed by atoms with Crippen LogP contribution in [-0.2, 0) is 0 Å². The standard InChI is InChI=1S/C12H17BrN2O/c1-3-4-5-9(2)15-12(16)11-7-6-10(13)8-14-11/h6-9H,3-5H2,1-2H3,(H,15,16). The van der Waals surface area contributed by atoms with Gasteiger partial charge in [-0.15, -0.1) is 0 Å². The largest absolute Gasteiger partial charge is 0.348 e. The number of halogens is 1. The lowest BCUT2D eigenvalue weighted by Crippen LogP contribution is -2.32. The number of hydrogen-bond acceptors (Lipinski definition) is 2. The van der Waals surface area contributed by atoms with Gasteiger partial charge in [0.05, 0.1) is 0 Å². The van der Waals surface area contributed by atoms with E-state index in [9.17, 15) is 4.79 Å². The van der Waals surface area contributed by atoms with Crippen molar-refractivity contribution in [3.05, 3.63) is 28.5 Å². The van der Waals surface area contributed by atoms with Crippen LogP contribution in [0.1, 0.15) is 43.6 Å². The number of amides is 1. The van der Waals surface area contributed by atoms with Gasteiger partial charge in [-0.3, -0.25) is 4.79 Å². The lowest BCUT2D eigenvalue weighted by Gasteiger charge is -2.12. The Morgan fingerprint density at radius 2 is 2.31 bits per heavy atom. The zero-order chi connectivity index (χ0) is 12.0. The fourth-order valence-corrected chi connectivity index (χ4v) is 1.62. The van der Waals surface area contributed by atoms with E-state index in [1.807, 2.05) is 13.0 Å². The molecule has 1 amide bonds. The maximum atomic E-state index is 11.7. The third kappa shape index (κ3) is 4.31. The van der Waals surface area contributed by atoms with Crippen molar-refractivity contribution in [3.8, 4) is 0 Å². The number of nitrogens with zero attached hydrogens (tertiary/aromatic N) is 1. The van der Waals surface area contributed by atoms with Crippen LogP contribution in [0.4, 0.5) is 0 Å². The Bertz CT molecular complexity index is 337. The molecule has 1 rings (SSSR count). The molecular formula is C12H17BrN2O. The molecule has 1 N–H and O–H groups in total. The SMILES string of the molecule is CCCCC(C)NC(=O)c1ccc(Br)cn1. The first-order chi connectivity index (χ1) is 7.63. The lowest BCUT2D eigenvalue weighted by atomic mass is 10.1. The van der Waals surface area contributed by atoms with Gasteiger partial charge in [0.25, 0.3) is 5.91 Å².